The van der Waals surface area contributed by atoms with Crippen molar-refractivity contribution in [2.75, 3.05) is 11.9 Å². The maximum atomic E-state index is 11.9. The molecule has 0 fully saturated rings. The standard InChI is InChI=1S/C19H17N3O4/c23-19(8-7-15-4-3-9-24-15)21-14-10-20-22(11-14)12-16-13-25-17-5-1-2-6-18(17)26-16/h1-11,16H,12-13H2,(H,21,23)/b8-7+. The van der Waals surface area contributed by atoms with Crippen LogP contribution in [0.5, 0.6) is 11.5 Å². The van der Waals surface area contributed by atoms with E-state index < -0.39 is 0 Å². The maximum absolute atomic E-state index is 11.9. The Balaban J connectivity index is 1.33. The van der Waals surface area contributed by atoms with E-state index >= 15 is 0 Å². The number of nitrogens with zero attached hydrogens (tertiary/aromatic N) is 2. The van der Waals surface area contributed by atoms with Gasteiger partial charge >= 0.3 is 0 Å². The Morgan fingerprint density at radius 1 is 1.27 bits per heavy atom. The fourth-order valence-corrected chi connectivity index (χ4v) is 2.62. The zero-order chi connectivity index (χ0) is 17.8. The van der Waals surface area contributed by atoms with Crippen LogP contribution in [0.4, 0.5) is 5.69 Å². The van der Waals surface area contributed by atoms with Gasteiger partial charge in [0.25, 0.3) is 0 Å². The third-order valence-electron chi connectivity index (χ3n) is 3.80. The smallest absolute Gasteiger partial charge is 0.248 e. The third-order valence-corrected chi connectivity index (χ3v) is 3.80. The molecule has 4 rings (SSSR count). The normalized spacial score (nSPS) is 15.9. The summed E-state index contributed by atoms with van der Waals surface area (Å²) >= 11 is 0. The molecule has 0 spiro atoms. The highest BCUT2D eigenvalue weighted by Gasteiger charge is 2.21. The highest BCUT2D eigenvalue weighted by Crippen LogP contribution is 2.31. The number of furan rings is 1. The molecule has 3 heterocycles. The molecule has 7 nitrogen and oxygen atoms in total. The van der Waals surface area contributed by atoms with E-state index in [1.165, 1.54) is 6.08 Å². The molecule has 7 heteroatoms. The lowest BCUT2D eigenvalue weighted by Crippen LogP contribution is -2.33. The second-order valence-corrected chi connectivity index (χ2v) is 5.79. The van der Waals surface area contributed by atoms with Crippen molar-refractivity contribution in [3.63, 3.8) is 0 Å². The van der Waals surface area contributed by atoms with Crippen molar-refractivity contribution in [3.8, 4) is 11.5 Å². The molecule has 2 aromatic heterocycles. The molecule has 1 N–H and O–H groups in total. The molecular formula is C19H17N3O4. The summed E-state index contributed by atoms with van der Waals surface area (Å²) in [6.07, 6.45) is 7.76. The number of nitrogens with one attached hydrogen (secondary N) is 1. The van der Waals surface area contributed by atoms with Gasteiger partial charge in [-0.3, -0.25) is 9.48 Å². The second kappa shape index (κ2) is 7.18. The van der Waals surface area contributed by atoms with Gasteiger partial charge in [-0.1, -0.05) is 12.1 Å². The molecule has 1 atom stereocenters. The van der Waals surface area contributed by atoms with Gasteiger partial charge in [-0.2, -0.15) is 5.10 Å². The van der Waals surface area contributed by atoms with Crippen LogP contribution in [0.3, 0.4) is 0 Å². The first kappa shape index (κ1) is 16.0. The van der Waals surface area contributed by atoms with E-state index in [0.29, 0.717) is 24.6 Å². The zero-order valence-electron chi connectivity index (χ0n) is 13.9. The number of benzene rings is 1. The number of carbonyl (C=O) groups excluding carboxylic acids is 1. The van der Waals surface area contributed by atoms with E-state index in [2.05, 4.69) is 10.4 Å². The number of carbonyl (C=O) groups is 1. The maximum Gasteiger partial charge on any atom is 0.248 e. The van der Waals surface area contributed by atoms with Crippen LogP contribution in [0, 0.1) is 0 Å². The number of rotatable bonds is 5. The number of anilines is 1. The van der Waals surface area contributed by atoms with Crippen LogP contribution in [0.15, 0.2) is 65.5 Å². The first-order valence-corrected chi connectivity index (χ1v) is 8.20. The van der Waals surface area contributed by atoms with Crippen LogP contribution in [0.2, 0.25) is 0 Å². The summed E-state index contributed by atoms with van der Waals surface area (Å²) in [5.74, 6) is 1.84. The molecule has 1 amide bonds. The molecule has 1 aliphatic rings. The molecule has 1 unspecified atom stereocenters. The van der Waals surface area contributed by atoms with Gasteiger partial charge in [0.15, 0.2) is 17.6 Å². The number of aromatic nitrogens is 2. The predicted octanol–water partition coefficient (Wildman–Crippen LogP) is 2.97. The van der Waals surface area contributed by atoms with Crippen LogP contribution >= 0.6 is 0 Å². The number of amides is 1. The third kappa shape index (κ3) is 3.77. The summed E-state index contributed by atoms with van der Waals surface area (Å²) in [7, 11) is 0. The molecule has 3 aromatic rings. The van der Waals surface area contributed by atoms with Crippen molar-refractivity contribution in [2.24, 2.45) is 0 Å². The molecule has 132 valence electrons. The molecule has 0 bridgehead atoms. The lowest BCUT2D eigenvalue weighted by Gasteiger charge is -2.26. The molecule has 0 aliphatic carbocycles. The molecule has 0 radical (unpaired) electrons. The minimum Gasteiger partial charge on any atom is -0.486 e. The topological polar surface area (TPSA) is 78.5 Å². The second-order valence-electron chi connectivity index (χ2n) is 5.79. The number of hydrogen-bond acceptors (Lipinski definition) is 5. The number of ether oxygens (including phenoxy) is 2. The zero-order valence-corrected chi connectivity index (χ0v) is 13.9. The van der Waals surface area contributed by atoms with Crippen LogP contribution in [0.1, 0.15) is 5.76 Å². The first-order chi connectivity index (χ1) is 12.8. The van der Waals surface area contributed by atoms with Gasteiger partial charge in [-0.25, -0.2) is 0 Å². The van der Waals surface area contributed by atoms with Gasteiger partial charge in [-0.15, -0.1) is 0 Å². The Labute approximate surface area is 149 Å². The number of para-hydroxylation sites is 2. The van der Waals surface area contributed by atoms with Crippen molar-refractivity contribution >= 4 is 17.7 Å². The van der Waals surface area contributed by atoms with E-state index in [1.807, 2.05) is 24.3 Å². The van der Waals surface area contributed by atoms with Crippen molar-refractivity contribution in [1.82, 2.24) is 9.78 Å². The molecule has 1 aliphatic heterocycles. The van der Waals surface area contributed by atoms with Crippen molar-refractivity contribution < 1.29 is 18.7 Å². The molecule has 1 aromatic carbocycles. The summed E-state index contributed by atoms with van der Waals surface area (Å²) in [5, 5.41) is 7.01. The van der Waals surface area contributed by atoms with Gasteiger partial charge in [0.1, 0.15) is 12.4 Å². The van der Waals surface area contributed by atoms with E-state index in [4.69, 9.17) is 13.9 Å². The van der Waals surface area contributed by atoms with E-state index in [0.717, 1.165) is 11.5 Å². The Kier molecular flexibility index (Phi) is 4.42. The van der Waals surface area contributed by atoms with E-state index in [9.17, 15) is 4.79 Å². The summed E-state index contributed by atoms with van der Waals surface area (Å²) in [6, 6.07) is 11.1. The average Bonchev–Trinajstić information content (AvgIpc) is 3.32. The minimum atomic E-state index is -0.257. The average molecular weight is 351 g/mol. The minimum absolute atomic E-state index is 0.146. The van der Waals surface area contributed by atoms with E-state index in [1.54, 1.807) is 41.5 Å². The van der Waals surface area contributed by atoms with Crippen LogP contribution in [-0.4, -0.2) is 28.4 Å². The lowest BCUT2D eigenvalue weighted by molar-refractivity contribution is -0.111. The Hall–Kier alpha value is -3.48. The SMILES string of the molecule is O=C(/C=C/c1ccco1)Nc1cnn(CC2COc3ccccc3O2)c1. The van der Waals surface area contributed by atoms with Gasteiger partial charge in [0.2, 0.25) is 5.91 Å². The summed E-state index contributed by atoms with van der Waals surface area (Å²) in [6.45, 7) is 0.969. The number of hydrogen-bond donors (Lipinski definition) is 1. The quantitative estimate of drug-likeness (QED) is 0.715. The monoisotopic (exact) mass is 351 g/mol. The van der Waals surface area contributed by atoms with Crippen molar-refractivity contribution in [3.05, 3.63) is 66.9 Å². The fraction of sp³-hybridized carbons (Fsp3) is 0.158. The fourth-order valence-electron chi connectivity index (χ4n) is 2.62. The van der Waals surface area contributed by atoms with Gasteiger partial charge < -0.3 is 19.2 Å². The molecule has 0 saturated carbocycles. The summed E-state index contributed by atoms with van der Waals surface area (Å²) in [5.41, 5.74) is 0.608. The Bertz CT molecular complexity index is 915. The van der Waals surface area contributed by atoms with Gasteiger partial charge in [-0.05, 0) is 30.3 Å². The largest absolute Gasteiger partial charge is 0.486 e. The van der Waals surface area contributed by atoms with Crippen molar-refractivity contribution in [1.29, 1.82) is 0 Å². The predicted molar refractivity (Wildman–Crippen MR) is 95.0 cm³/mol. The Morgan fingerprint density at radius 3 is 3.00 bits per heavy atom. The molecular weight excluding hydrogens is 334 g/mol. The van der Waals surface area contributed by atoms with Crippen molar-refractivity contribution in [2.45, 2.75) is 12.6 Å². The highest BCUT2D eigenvalue weighted by molar-refractivity contribution is 6.01. The van der Waals surface area contributed by atoms with Crippen LogP contribution < -0.4 is 14.8 Å². The number of fused-ring (bicyclic) bond motifs is 1. The first-order valence-electron chi connectivity index (χ1n) is 8.20. The van der Waals surface area contributed by atoms with Crippen LogP contribution in [-0.2, 0) is 11.3 Å². The van der Waals surface area contributed by atoms with Crippen LogP contribution in [0.25, 0.3) is 6.08 Å². The van der Waals surface area contributed by atoms with Gasteiger partial charge in [0.05, 0.1) is 24.7 Å². The van der Waals surface area contributed by atoms with Gasteiger partial charge in [0, 0.05) is 12.3 Å². The molecule has 0 saturated heterocycles. The highest BCUT2D eigenvalue weighted by atomic mass is 16.6. The summed E-state index contributed by atoms with van der Waals surface area (Å²) < 4.78 is 18.5. The molecule has 26 heavy (non-hydrogen) atoms. The lowest BCUT2D eigenvalue weighted by atomic mass is 10.2. The Morgan fingerprint density at radius 2 is 2.15 bits per heavy atom. The van der Waals surface area contributed by atoms with E-state index in [-0.39, 0.29) is 12.0 Å². The summed E-state index contributed by atoms with van der Waals surface area (Å²) in [4.78, 5) is 11.9.